The van der Waals surface area contributed by atoms with E-state index in [-0.39, 0.29) is 5.92 Å². The minimum Gasteiger partial charge on any atom is -0.494 e. The van der Waals surface area contributed by atoms with Crippen LogP contribution in [0.4, 0.5) is 8.78 Å². The van der Waals surface area contributed by atoms with Gasteiger partial charge in [-0.15, -0.1) is 0 Å². The largest absolute Gasteiger partial charge is 0.494 e. The topological polar surface area (TPSA) is 35.5 Å². The Morgan fingerprint density at radius 2 is 1.83 bits per heavy atom. The third-order valence-electron chi connectivity index (χ3n) is 4.53. The molecule has 1 aliphatic rings. The van der Waals surface area contributed by atoms with Gasteiger partial charge < -0.3 is 9.47 Å². The molecule has 0 aromatic heterocycles. The summed E-state index contributed by atoms with van der Waals surface area (Å²) in [6.07, 6.45) is 2.72. The Morgan fingerprint density at radius 1 is 1.17 bits per heavy atom. The van der Waals surface area contributed by atoms with Gasteiger partial charge in [0, 0.05) is 0 Å². The first-order chi connectivity index (χ1) is 11.6. The van der Waals surface area contributed by atoms with E-state index in [4.69, 9.17) is 4.74 Å². The number of benzene rings is 1. The second-order valence-electron chi connectivity index (χ2n) is 6.34. The van der Waals surface area contributed by atoms with Gasteiger partial charge in [0.2, 0.25) is 0 Å². The molecule has 0 heterocycles. The highest BCUT2D eigenvalue weighted by molar-refractivity contribution is 5.72. The van der Waals surface area contributed by atoms with Crippen LogP contribution < -0.4 is 4.74 Å². The van der Waals surface area contributed by atoms with E-state index >= 15 is 0 Å². The molecule has 2 rings (SSSR count). The lowest BCUT2D eigenvalue weighted by Crippen LogP contribution is -2.24. The molecule has 1 saturated carbocycles. The van der Waals surface area contributed by atoms with Gasteiger partial charge in [0.05, 0.1) is 12.5 Å². The number of unbranched alkanes of at least 4 members (excludes halogenated alkanes) is 1. The monoisotopic (exact) mass is 340 g/mol. The smallest absolute Gasteiger partial charge is 0.309 e. The summed E-state index contributed by atoms with van der Waals surface area (Å²) >= 11 is 0. The molecular weight excluding hydrogens is 314 g/mol. The van der Waals surface area contributed by atoms with Crippen LogP contribution in [0.15, 0.2) is 24.3 Å². The Balaban J connectivity index is 1.78. The maximum atomic E-state index is 12.1. The van der Waals surface area contributed by atoms with Crippen LogP contribution in [0.25, 0.3) is 0 Å². The number of halogens is 2. The van der Waals surface area contributed by atoms with Crippen LogP contribution in [0.1, 0.15) is 56.9 Å². The van der Waals surface area contributed by atoms with Gasteiger partial charge in [-0.1, -0.05) is 25.5 Å². The lowest BCUT2D eigenvalue weighted by atomic mass is 9.79. The molecule has 0 atom stereocenters. The van der Waals surface area contributed by atoms with Gasteiger partial charge in [-0.2, -0.15) is 0 Å². The average molecular weight is 340 g/mol. The summed E-state index contributed by atoms with van der Waals surface area (Å²) in [5.74, 6) is 0.579. The normalized spacial score (nSPS) is 20.8. The first-order valence-electron chi connectivity index (χ1n) is 8.77. The van der Waals surface area contributed by atoms with Crippen molar-refractivity contribution < 1.29 is 23.0 Å². The Kier molecular flexibility index (Phi) is 7.47. The minimum absolute atomic E-state index is 0.239. The van der Waals surface area contributed by atoms with Crippen molar-refractivity contribution in [3.63, 3.8) is 0 Å². The SMILES string of the molecule is CCCCOc1ccc(C2CCC(C(=O)OCC(F)F)CC2)cc1. The van der Waals surface area contributed by atoms with Gasteiger partial charge in [0.1, 0.15) is 5.75 Å². The summed E-state index contributed by atoms with van der Waals surface area (Å²) in [4.78, 5) is 11.7. The van der Waals surface area contributed by atoms with Crippen molar-refractivity contribution in [3.8, 4) is 5.75 Å². The average Bonchev–Trinajstić information content (AvgIpc) is 2.60. The summed E-state index contributed by atoms with van der Waals surface area (Å²) in [5.41, 5.74) is 1.25. The number of esters is 1. The Bertz CT molecular complexity index is 494. The molecule has 1 aromatic carbocycles. The molecule has 0 spiro atoms. The summed E-state index contributed by atoms with van der Waals surface area (Å²) in [6.45, 7) is 2.08. The molecule has 0 bridgehead atoms. The zero-order valence-corrected chi connectivity index (χ0v) is 14.2. The fourth-order valence-corrected chi connectivity index (χ4v) is 3.10. The molecule has 0 radical (unpaired) electrons. The first kappa shape index (κ1) is 18.7. The molecule has 0 aliphatic heterocycles. The molecular formula is C19H26F2O3. The summed E-state index contributed by atoms with van der Waals surface area (Å²) < 4.78 is 34.5. The zero-order valence-electron chi connectivity index (χ0n) is 14.2. The summed E-state index contributed by atoms with van der Waals surface area (Å²) in [6, 6.07) is 8.16. The molecule has 1 fully saturated rings. The summed E-state index contributed by atoms with van der Waals surface area (Å²) in [7, 11) is 0. The molecule has 1 aromatic rings. The molecule has 1 aliphatic carbocycles. The van der Waals surface area contributed by atoms with Gasteiger partial charge in [0.15, 0.2) is 6.61 Å². The lowest BCUT2D eigenvalue weighted by molar-refractivity contribution is -0.153. The van der Waals surface area contributed by atoms with Crippen molar-refractivity contribution in [1.29, 1.82) is 0 Å². The number of alkyl halides is 2. The molecule has 0 saturated heterocycles. The third-order valence-corrected chi connectivity index (χ3v) is 4.53. The highest BCUT2D eigenvalue weighted by atomic mass is 19.3. The predicted octanol–water partition coefficient (Wildman–Crippen LogP) is 4.95. The lowest BCUT2D eigenvalue weighted by Gasteiger charge is -2.27. The van der Waals surface area contributed by atoms with Crippen LogP contribution >= 0.6 is 0 Å². The van der Waals surface area contributed by atoms with E-state index in [9.17, 15) is 13.6 Å². The molecule has 24 heavy (non-hydrogen) atoms. The Labute approximate surface area is 142 Å². The number of rotatable bonds is 8. The van der Waals surface area contributed by atoms with Gasteiger partial charge in [-0.25, -0.2) is 8.78 Å². The van der Waals surface area contributed by atoms with Crippen LogP contribution in [0.2, 0.25) is 0 Å². The standard InChI is InChI=1S/C19H26F2O3/c1-2-3-12-23-17-10-8-15(9-11-17)14-4-6-16(7-5-14)19(22)24-13-18(20)21/h8-11,14,16,18H,2-7,12-13H2,1H3. The molecule has 0 amide bonds. The van der Waals surface area contributed by atoms with Crippen LogP contribution in [-0.2, 0) is 9.53 Å². The second kappa shape index (κ2) is 9.60. The van der Waals surface area contributed by atoms with Gasteiger partial charge in [0.25, 0.3) is 6.43 Å². The van der Waals surface area contributed by atoms with Crippen molar-refractivity contribution >= 4 is 5.97 Å². The highest BCUT2D eigenvalue weighted by Crippen LogP contribution is 2.36. The van der Waals surface area contributed by atoms with Gasteiger partial charge in [-0.3, -0.25) is 4.79 Å². The van der Waals surface area contributed by atoms with E-state index in [0.29, 0.717) is 18.8 Å². The highest BCUT2D eigenvalue weighted by Gasteiger charge is 2.28. The van der Waals surface area contributed by atoms with E-state index in [1.54, 1.807) is 0 Å². The van der Waals surface area contributed by atoms with Crippen molar-refractivity contribution in [3.05, 3.63) is 29.8 Å². The van der Waals surface area contributed by atoms with E-state index in [1.165, 1.54) is 5.56 Å². The number of ether oxygens (including phenoxy) is 2. The van der Waals surface area contributed by atoms with E-state index in [1.807, 2.05) is 12.1 Å². The van der Waals surface area contributed by atoms with Gasteiger partial charge >= 0.3 is 5.97 Å². The number of hydrogen-bond acceptors (Lipinski definition) is 3. The van der Waals surface area contributed by atoms with Crippen molar-refractivity contribution in [1.82, 2.24) is 0 Å². The second-order valence-corrected chi connectivity index (χ2v) is 6.34. The van der Waals surface area contributed by atoms with E-state index < -0.39 is 19.0 Å². The van der Waals surface area contributed by atoms with Crippen LogP contribution in [0.3, 0.4) is 0 Å². The van der Waals surface area contributed by atoms with Crippen LogP contribution in [0, 0.1) is 5.92 Å². The van der Waals surface area contributed by atoms with E-state index in [0.717, 1.165) is 38.0 Å². The zero-order chi connectivity index (χ0) is 17.4. The van der Waals surface area contributed by atoms with Crippen LogP contribution in [-0.4, -0.2) is 25.6 Å². The van der Waals surface area contributed by atoms with Crippen molar-refractivity contribution in [2.24, 2.45) is 5.92 Å². The number of hydrogen-bond donors (Lipinski definition) is 0. The predicted molar refractivity (Wildman–Crippen MR) is 88.5 cm³/mol. The van der Waals surface area contributed by atoms with E-state index in [2.05, 4.69) is 23.8 Å². The maximum absolute atomic E-state index is 12.1. The third kappa shape index (κ3) is 5.77. The molecule has 0 unspecified atom stereocenters. The number of carbonyl (C=O) groups is 1. The molecule has 3 nitrogen and oxygen atoms in total. The first-order valence-corrected chi connectivity index (χ1v) is 8.77. The maximum Gasteiger partial charge on any atom is 0.309 e. The molecule has 134 valence electrons. The quantitative estimate of drug-likeness (QED) is 0.496. The van der Waals surface area contributed by atoms with Crippen LogP contribution in [0.5, 0.6) is 5.75 Å². The van der Waals surface area contributed by atoms with Crippen molar-refractivity contribution in [2.75, 3.05) is 13.2 Å². The Morgan fingerprint density at radius 3 is 2.42 bits per heavy atom. The summed E-state index contributed by atoms with van der Waals surface area (Å²) in [5, 5.41) is 0. The minimum atomic E-state index is -2.59. The molecule has 0 N–H and O–H groups in total. The van der Waals surface area contributed by atoms with Crippen molar-refractivity contribution in [2.45, 2.75) is 57.8 Å². The molecule has 5 heteroatoms. The Hall–Kier alpha value is -1.65. The fraction of sp³-hybridized carbons (Fsp3) is 0.632. The van der Waals surface area contributed by atoms with Gasteiger partial charge in [-0.05, 0) is 55.7 Å². The number of carbonyl (C=O) groups excluding carboxylic acids is 1. The fourth-order valence-electron chi connectivity index (χ4n) is 3.10.